The van der Waals surface area contributed by atoms with Gasteiger partial charge in [-0.15, -0.1) is 0 Å². The quantitative estimate of drug-likeness (QED) is 0.570. The van der Waals surface area contributed by atoms with E-state index in [0.29, 0.717) is 18.1 Å². The first-order chi connectivity index (χ1) is 12.2. The molecule has 0 atom stereocenters. The minimum atomic E-state index is 0.442. The maximum absolute atomic E-state index is 5.92. The number of benzene rings is 1. The summed E-state index contributed by atoms with van der Waals surface area (Å²) in [5.74, 6) is 1.41. The Morgan fingerprint density at radius 3 is 2.84 bits per heavy atom. The van der Waals surface area contributed by atoms with Crippen LogP contribution >= 0.6 is 15.9 Å². The van der Waals surface area contributed by atoms with Gasteiger partial charge < -0.3 is 19.5 Å². The zero-order valence-corrected chi connectivity index (χ0v) is 16.3. The monoisotopic (exact) mass is 408 g/mol. The van der Waals surface area contributed by atoms with Crippen molar-refractivity contribution < 1.29 is 14.2 Å². The smallest absolute Gasteiger partial charge is 0.175 e. The number of ether oxygens (including phenoxy) is 3. The largest absolute Gasteiger partial charge is 0.493 e. The van der Waals surface area contributed by atoms with Crippen LogP contribution in [0.3, 0.4) is 0 Å². The number of nitrogens with zero attached hydrogens (tertiary/aromatic N) is 1. The molecular weight excluding hydrogens is 384 g/mol. The van der Waals surface area contributed by atoms with Crippen molar-refractivity contribution in [3.05, 3.63) is 52.3 Å². The Morgan fingerprint density at radius 1 is 1.24 bits per heavy atom. The standard InChI is InChI=1S/C19H25BrN2O3/c1-3-24-9-5-8-22-13-16-10-17(20)19(18(11-16)23-2)25-14-15-6-4-7-21-12-15/h4,6-7,10-12,22H,3,5,8-9,13-14H2,1-2H3. The molecule has 0 unspecified atom stereocenters. The highest BCUT2D eigenvalue weighted by atomic mass is 79.9. The number of hydrogen-bond donors (Lipinski definition) is 1. The summed E-state index contributed by atoms with van der Waals surface area (Å²) in [4.78, 5) is 4.10. The summed E-state index contributed by atoms with van der Waals surface area (Å²) in [6, 6.07) is 7.93. The Hall–Kier alpha value is -1.63. The molecule has 0 amide bonds. The summed E-state index contributed by atoms with van der Waals surface area (Å²) < 4.78 is 17.6. The topological polar surface area (TPSA) is 52.6 Å². The number of nitrogens with one attached hydrogen (secondary N) is 1. The fourth-order valence-electron chi connectivity index (χ4n) is 2.33. The lowest BCUT2D eigenvalue weighted by Gasteiger charge is -2.15. The van der Waals surface area contributed by atoms with E-state index < -0.39 is 0 Å². The van der Waals surface area contributed by atoms with E-state index >= 15 is 0 Å². The number of hydrogen-bond acceptors (Lipinski definition) is 5. The maximum atomic E-state index is 5.92. The lowest BCUT2D eigenvalue weighted by atomic mass is 10.2. The molecule has 0 aliphatic heterocycles. The molecule has 0 saturated carbocycles. The van der Waals surface area contributed by atoms with Crippen molar-refractivity contribution in [2.24, 2.45) is 0 Å². The Kier molecular flexibility index (Phi) is 8.72. The SMILES string of the molecule is CCOCCCNCc1cc(Br)c(OCc2cccnc2)c(OC)c1. The zero-order chi connectivity index (χ0) is 17.9. The molecule has 25 heavy (non-hydrogen) atoms. The second-order valence-corrected chi connectivity index (χ2v) is 6.34. The molecule has 0 radical (unpaired) electrons. The molecule has 0 bridgehead atoms. The van der Waals surface area contributed by atoms with Crippen LogP contribution in [0.4, 0.5) is 0 Å². The van der Waals surface area contributed by atoms with Crippen molar-refractivity contribution in [3.63, 3.8) is 0 Å². The van der Waals surface area contributed by atoms with E-state index in [0.717, 1.165) is 48.3 Å². The molecular formula is C19H25BrN2O3. The van der Waals surface area contributed by atoms with Gasteiger partial charge >= 0.3 is 0 Å². The van der Waals surface area contributed by atoms with Crippen LogP contribution in [-0.2, 0) is 17.9 Å². The van der Waals surface area contributed by atoms with Gasteiger partial charge in [-0.1, -0.05) is 6.07 Å². The van der Waals surface area contributed by atoms with Crippen LogP contribution in [0.25, 0.3) is 0 Å². The molecule has 0 aliphatic carbocycles. The lowest BCUT2D eigenvalue weighted by molar-refractivity contribution is 0.144. The van der Waals surface area contributed by atoms with Gasteiger partial charge in [-0.3, -0.25) is 4.98 Å². The van der Waals surface area contributed by atoms with Crippen LogP contribution in [0, 0.1) is 0 Å². The van der Waals surface area contributed by atoms with Crippen LogP contribution in [0.2, 0.25) is 0 Å². The van der Waals surface area contributed by atoms with Gasteiger partial charge in [-0.05, 0) is 59.6 Å². The summed E-state index contributed by atoms with van der Waals surface area (Å²) in [5, 5.41) is 3.41. The number of rotatable bonds is 11. The molecule has 5 nitrogen and oxygen atoms in total. The van der Waals surface area contributed by atoms with Crippen molar-refractivity contribution in [2.75, 3.05) is 26.9 Å². The number of methoxy groups -OCH3 is 1. The van der Waals surface area contributed by atoms with Gasteiger partial charge in [0.05, 0.1) is 11.6 Å². The van der Waals surface area contributed by atoms with Crippen LogP contribution in [0.5, 0.6) is 11.5 Å². The third-order valence-corrected chi connectivity index (χ3v) is 4.16. The van der Waals surface area contributed by atoms with Gasteiger partial charge in [0.1, 0.15) is 6.61 Å². The van der Waals surface area contributed by atoms with Crippen molar-refractivity contribution in [1.29, 1.82) is 0 Å². The van der Waals surface area contributed by atoms with Crippen LogP contribution in [0.15, 0.2) is 41.1 Å². The summed E-state index contributed by atoms with van der Waals surface area (Å²) in [7, 11) is 1.65. The molecule has 1 N–H and O–H groups in total. The molecule has 0 spiro atoms. The van der Waals surface area contributed by atoms with E-state index in [-0.39, 0.29) is 0 Å². The van der Waals surface area contributed by atoms with Gasteiger partial charge in [-0.2, -0.15) is 0 Å². The van der Waals surface area contributed by atoms with Gasteiger partial charge in [0, 0.05) is 37.7 Å². The molecule has 136 valence electrons. The van der Waals surface area contributed by atoms with E-state index in [4.69, 9.17) is 14.2 Å². The summed E-state index contributed by atoms with van der Waals surface area (Å²) in [6.45, 7) is 5.69. The molecule has 0 saturated heterocycles. The molecule has 1 aromatic heterocycles. The van der Waals surface area contributed by atoms with Crippen LogP contribution in [-0.4, -0.2) is 31.9 Å². The first-order valence-corrected chi connectivity index (χ1v) is 9.20. The zero-order valence-electron chi connectivity index (χ0n) is 14.8. The Balaban J connectivity index is 1.92. The first-order valence-electron chi connectivity index (χ1n) is 8.41. The van der Waals surface area contributed by atoms with E-state index in [2.05, 4.69) is 32.3 Å². The van der Waals surface area contributed by atoms with Crippen LogP contribution < -0.4 is 14.8 Å². The number of halogens is 1. The molecule has 2 aromatic rings. The highest BCUT2D eigenvalue weighted by Crippen LogP contribution is 2.37. The van der Waals surface area contributed by atoms with Crippen molar-refractivity contribution in [1.82, 2.24) is 10.3 Å². The fraction of sp³-hybridized carbons (Fsp3) is 0.421. The predicted octanol–water partition coefficient (Wildman–Crippen LogP) is 3.95. The highest BCUT2D eigenvalue weighted by Gasteiger charge is 2.12. The third kappa shape index (κ3) is 6.65. The minimum Gasteiger partial charge on any atom is -0.493 e. The Morgan fingerprint density at radius 2 is 2.12 bits per heavy atom. The predicted molar refractivity (Wildman–Crippen MR) is 102 cm³/mol. The molecule has 0 fully saturated rings. The van der Waals surface area contributed by atoms with E-state index in [1.165, 1.54) is 0 Å². The van der Waals surface area contributed by atoms with E-state index in [9.17, 15) is 0 Å². The van der Waals surface area contributed by atoms with Gasteiger partial charge in [0.15, 0.2) is 11.5 Å². The molecule has 1 aromatic carbocycles. The van der Waals surface area contributed by atoms with E-state index in [1.54, 1.807) is 19.5 Å². The minimum absolute atomic E-state index is 0.442. The molecule has 6 heteroatoms. The second kappa shape index (κ2) is 11.1. The molecule has 2 rings (SSSR count). The second-order valence-electron chi connectivity index (χ2n) is 5.49. The normalized spacial score (nSPS) is 10.7. The van der Waals surface area contributed by atoms with E-state index in [1.807, 2.05) is 25.1 Å². The average Bonchev–Trinajstić information content (AvgIpc) is 2.64. The molecule has 1 heterocycles. The first kappa shape index (κ1) is 19.7. The molecule has 0 aliphatic rings. The summed E-state index contributed by atoms with van der Waals surface area (Å²) in [5.41, 5.74) is 2.14. The van der Waals surface area contributed by atoms with Gasteiger partial charge in [0.2, 0.25) is 0 Å². The number of aromatic nitrogens is 1. The maximum Gasteiger partial charge on any atom is 0.175 e. The van der Waals surface area contributed by atoms with Crippen LogP contribution in [0.1, 0.15) is 24.5 Å². The lowest BCUT2D eigenvalue weighted by Crippen LogP contribution is -2.16. The fourth-order valence-corrected chi connectivity index (χ4v) is 2.93. The van der Waals surface area contributed by atoms with Crippen molar-refractivity contribution >= 4 is 15.9 Å². The summed E-state index contributed by atoms with van der Waals surface area (Å²) >= 11 is 3.59. The summed E-state index contributed by atoms with van der Waals surface area (Å²) in [6.07, 6.45) is 4.54. The van der Waals surface area contributed by atoms with Crippen molar-refractivity contribution in [2.45, 2.75) is 26.5 Å². The Labute approximate surface area is 157 Å². The Bertz CT molecular complexity index is 638. The van der Waals surface area contributed by atoms with Gasteiger partial charge in [0.25, 0.3) is 0 Å². The highest BCUT2D eigenvalue weighted by molar-refractivity contribution is 9.10. The van der Waals surface area contributed by atoms with Crippen molar-refractivity contribution in [3.8, 4) is 11.5 Å². The number of pyridine rings is 1. The third-order valence-electron chi connectivity index (χ3n) is 3.57. The average molecular weight is 409 g/mol. The van der Waals surface area contributed by atoms with Gasteiger partial charge in [-0.25, -0.2) is 0 Å².